The molecule has 0 unspecified atom stereocenters. The van der Waals surface area contributed by atoms with E-state index < -0.39 is 5.82 Å². The number of nitrogens with zero attached hydrogens (tertiary/aromatic N) is 4. The monoisotopic (exact) mass is 555 g/mol. The van der Waals surface area contributed by atoms with Gasteiger partial charge in [-0.1, -0.05) is 18.2 Å². The first-order valence-electron chi connectivity index (χ1n) is 14.3. The number of carbonyl (C=O) groups is 2. The van der Waals surface area contributed by atoms with E-state index in [1.807, 2.05) is 48.9 Å². The first kappa shape index (κ1) is 28.5. The summed E-state index contributed by atoms with van der Waals surface area (Å²) in [5, 5.41) is 3.73. The Kier molecular flexibility index (Phi) is 8.49. The minimum Gasteiger partial charge on any atom is -0.355 e. The lowest BCUT2D eigenvalue weighted by molar-refractivity contribution is 0.0754. The van der Waals surface area contributed by atoms with Gasteiger partial charge in [-0.05, 0) is 93.6 Å². The Hall–Kier alpha value is -4.04. The molecule has 1 saturated heterocycles. The zero-order valence-electron chi connectivity index (χ0n) is 24.2. The third kappa shape index (κ3) is 5.88. The van der Waals surface area contributed by atoms with Crippen LogP contribution in [0.4, 0.5) is 4.39 Å². The quantitative estimate of drug-likeness (QED) is 0.315. The molecule has 0 aliphatic carbocycles. The highest BCUT2D eigenvalue weighted by Crippen LogP contribution is 2.36. The number of hydrogen-bond donors (Lipinski definition) is 1. The number of hydrogen-bond acceptors (Lipinski definition) is 4. The fraction of sp³-hybridized carbons (Fsp3) is 0.364. The topological polar surface area (TPSA) is 70.5 Å². The molecule has 0 bridgehead atoms. The van der Waals surface area contributed by atoms with Crippen LogP contribution in [0.5, 0.6) is 0 Å². The molecule has 4 aromatic rings. The van der Waals surface area contributed by atoms with E-state index in [0.29, 0.717) is 17.0 Å². The Balaban J connectivity index is 1.36. The molecule has 0 radical (unpaired) electrons. The van der Waals surface area contributed by atoms with Gasteiger partial charge in [0.2, 0.25) is 0 Å². The molecule has 1 aliphatic heterocycles. The van der Waals surface area contributed by atoms with Gasteiger partial charge in [0.25, 0.3) is 11.8 Å². The lowest BCUT2D eigenvalue weighted by Crippen LogP contribution is -2.34. The second kappa shape index (κ2) is 12.2. The van der Waals surface area contributed by atoms with E-state index in [0.717, 1.165) is 55.4 Å². The summed E-state index contributed by atoms with van der Waals surface area (Å²) in [6.45, 7) is 6.73. The van der Waals surface area contributed by atoms with E-state index in [-0.39, 0.29) is 23.5 Å². The number of amides is 2. The van der Waals surface area contributed by atoms with Gasteiger partial charge < -0.3 is 19.7 Å². The molecule has 1 N–H and O–H groups in total. The van der Waals surface area contributed by atoms with Crippen molar-refractivity contribution in [3.8, 4) is 5.69 Å². The molecule has 1 fully saturated rings. The van der Waals surface area contributed by atoms with Gasteiger partial charge in [0.15, 0.2) is 0 Å². The number of likely N-dealkylation sites (tertiary alicyclic amines) is 1. The van der Waals surface area contributed by atoms with E-state index >= 15 is 4.39 Å². The number of benzene rings is 2. The predicted molar refractivity (Wildman–Crippen MR) is 160 cm³/mol. The smallest absolute Gasteiger partial charge is 0.256 e. The van der Waals surface area contributed by atoms with E-state index in [2.05, 4.69) is 21.3 Å². The molecule has 8 heteroatoms. The van der Waals surface area contributed by atoms with Crippen LogP contribution >= 0.6 is 0 Å². The van der Waals surface area contributed by atoms with Crippen molar-refractivity contribution in [3.05, 3.63) is 95.2 Å². The van der Waals surface area contributed by atoms with Crippen molar-refractivity contribution in [1.82, 2.24) is 24.7 Å². The number of nitrogens with one attached hydrogen (secondary N) is 1. The predicted octanol–water partition coefficient (Wildman–Crippen LogP) is 5.43. The van der Waals surface area contributed by atoms with Crippen molar-refractivity contribution < 1.29 is 14.0 Å². The Labute approximate surface area is 241 Å². The van der Waals surface area contributed by atoms with Crippen LogP contribution in [0.15, 0.2) is 67.1 Å². The number of piperidine rings is 1. The SMILES string of the molecule is CNC(=O)c1cccc(CCN2CCC(c3cn(-c4c(F)cccc4C(=O)N(C)C(C)C)c4cnccc34)CC2)c1. The second-order valence-electron chi connectivity index (χ2n) is 11.1. The summed E-state index contributed by atoms with van der Waals surface area (Å²) in [6.07, 6.45) is 8.40. The van der Waals surface area contributed by atoms with Crippen molar-refractivity contribution in [2.75, 3.05) is 33.7 Å². The molecule has 214 valence electrons. The third-order valence-corrected chi connectivity index (χ3v) is 8.35. The first-order valence-corrected chi connectivity index (χ1v) is 14.3. The average molecular weight is 556 g/mol. The number of carbonyl (C=O) groups excluding carboxylic acids is 2. The van der Waals surface area contributed by atoms with Crippen LogP contribution in [0.3, 0.4) is 0 Å². The largest absolute Gasteiger partial charge is 0.355 e. The summed E-state index contributed by atoms with van der Waals surface area (Å²) in [7, 11) is 3.39. The zero-order chi connectivity index (χ0) is 29.1. The summed E-state index contributed by atoms with van der Waals surface area (Å²) in [5.74, 6) is -0.398. The van der Waals surface area contributed by atoms with Crippen LogP contribution in [0, 0.1) is 5.82 Å². The van der Waals surface area contributed by atoms with E-state index in [9.17, 15) is 9.59 Å². The molecule has 2 aromatic carbocycles. The molecule has 7 nitrogen and oxygen atoms in total. The van der Waals surface area contributed by atoms with Gasteiger partial charge in [-0.2, -0.15) is 0 Å². The van der Waals surface area contributed by atoms with Crippen molar-refractivity contribution in [1.29, 1.82) is 0 Å². The number of para-hydroxylation sites is 1. The minimum absolute atomic E-state index is 0.0118. The molecule has 2 aromatic heterocycles. The second-order valence-corrected chi connectivity index (χ2v) is 11.1. The normalized spacial score (nSPS) is 14.5. The van der Waals surface area contributed by atoms with Crippen molar-refractivity contribution >= 4 is 22.7 Å². The summed E-state index contributed by atoms with van der Waals surface area (Å²) >= 11 is 0. The fourth-order valence-corrected chi connectivity index (χ4v) is 5.74. The molecule has 3 heterocycles. The standard InChI is InChI=1S/C33H38FN5O2/c1-22(2)37(4)33(41)27-9-6-10-29(34)31(27)39-21-28(26-11-15-36-20-30(26)39)24-13-17-38(18-14-24)16-12-23-7-5-8-25(19-23)32(40)35-3/h5-11,15,19-22,24H,12-14,16-18H2,1-4H3,(H,35,40). The van der Waals surface area contributed by atoms with Crippen LogP contribution < -0.4 is 5.32 Å². The van der Waals surface area contributed by atoms with Crippen LogP contribution in [0.2, 0.25) is 0 Å². The maximum Gasteiger partial charge on any atom is 0.256 e. The van der Waals surface area contributed by atoms with Gasteiger partial charge in [-0.3, -0.25) is 14.6 Å². The highest BCUT2D eigenvalue weighted by atomic mass is 19.1. The van der Waals surface area contributed by atoms with Crippen molar-refractivity contribution in [3.63, 3.8) is 0 Å². The molecule has 5 rings (SSSR count). The Morgan fingerprint density at radius 1 is 1.12 bits per heavy atom. The van der Waals surface area contributed by atoms with Gasteiger partial charge in [-0.15, -0.1) is 0 Å². The number of pyridine rings is 1. The van der Waals surface area contributed by atoms with E-state index in [4.69, 9.17) is 0 Å². The fourth-order valence-electron chi connectivity index (χ4n) is 5.74. The number of rotatable bonds is 8. The minimum atomic E-state index is -0.435. The van der Waals surface area contributed by atoms with Crippen molar-refractivity contribution in [2.24, 2.45) is 0 Å². The highest BCUT2D eigenvalue weighted by molar-refractivity contribution is 5.99. The number of fused-ring (bicyclic) bond motifs is 1. The zero-order valence-corrected chi connectivity index (χ0v) is 24.2. The lowest BCUT2D eigenvalue weighted by Gasteiger charge is -2.32. The maximum atomic E-state index is 15.5. The van der Waals surface area contributed by atoms with Gasteiger partial charge in [0.05, 0.1) is 23.0 Å². The summed E-state index contributed by atoms with van der Waals surface area (Å²) in [5.41, 5.74) is 4.41. The summed E-state index contributed by atoms with van der Waals surface area (Å²) in [4.78, 5) is 33.8. The van der Waals surface area contributed by atoms with Gasteiger partial charge in [0, 0.05) is 50.0 Å². The molecule has 0 atom stereocenters. The third-order valence-electron chi connectivity index (χ3n) is 8.35. The van der Waals surface area contributed by atoms with Crippen LogP contribution in [-0.4, -0.2) is 70.9 Å². The van der Waals surface area contributed by atoms with Gasteiger partial charge >= 0.3 is 0 Å². The van der Waals surface area contributed by atoms with E-state index in [1.165, 1.54) is 11.6 Å². The average Bonchev–Trinajstić information content (AvgIpc) is 3.38. The van der Waals surface area contributed by atoms with Crippen LogP contribution in [-0.2, 0) is 6.42 Å². The Morgan fingerprint density at radius 2 is 1.88 bits per heavy atom. The molecule has 2 amide bonds. The first-order chi connectivity index (χ1) is 19.8. The molecule has 1 aliphatic rings. The summed E-state index contributed by atoms with van der Waals surface area (Å²) < 4.78 is 17.3. The number of aromatic nitrogens is 2. The van der Waals surface area contributed by atoms with Crippen molar-refractivity contribution in [2.45, 2.75) is 45.1 Å². The molecular formula is C33H38FN5O2. The lowest BCUT2D eigenvalue weighted by atomic mass is 9.89. The number of halogens is 1. The van der Waals surface area contributed by atoms with E-state index in [1.54, 1.807) is 43.5 Å². The van der Waals surface area contributed by atoms with Crippen LogP contribution in [0.25, 0.3) is 16.6 Å². The van der Waals surface area contributed by atoms with Gasteiger partial charge in [-0.25, -0.2) is 4.39 Å². The molecular weight excluding hydrogens is 517 g/mol. The maximum absolute atomic E-state index is 15.5. The summed E-state index contributed by atoms with van der Waals surface area (Å²) in [6, 6.07) is 14.5. The molecule has 0 spiro atoms. The molecule has 41 heavy (non-hydrogen) atoms. The Bertz CT molecular complexity index is 1550. The van der Waals surface area contributed by atoms with Gasteiger partial charge in [0.1, 0.15) is 5.82 Å². The van der Waals surface area contributed by atoms with Crippen LogP contribution in [0.1, 0.15) is 64.4 Å². The highest BCUT2D eigenvalue weighted by Gasteiger charge is 2.27. The Morgan fingerprint density at radius 3 is 2.61 bits per heavy atom. The molecule has 0 saturated carbocycles.